The maximum Gasteiger partial charge on any atom is 0.231 e. The molecule has 0 radical (unpaired) electrons. The Balaban J connectivity index is 2.01. The van der Waals surface area contributed by atoms with Crippen LogP contribution in [0.5, 0.6) is 0 Å². The standard InChI is InChI=1S/C15H13NO3/c1-9-12(5-6-19-9)15(18)10-3-4-13-11(7-10)8-14(17)16(13)2/h3-7H,8H2,1-2H3. The highest BCUT2D eigenvalue weighted by Gasteiger charge is 2.25. The molecule has 2 heterocycles. The summed E-state index contributed by atoms with van der Waals surface area (Å²) < 4.78 is 5.15. The number of amides is 1. The van der Waals surface area contributed by atoms with Crippen LogP contribution in [-0.4, -0.2) is 18.7 Å². The normalized spacial score (nSPS) is 13.8. The molecule has 0 atom stereocenters. The van der Waals surface area contributed by atoms with E-state index in [4.69, 9.17) is 4.42 Å². The molecule has 0 N–H and O–H groups in total. The number of carbonyl (C=O) groups excluding carboxylic acids is 2. The molecule has 19 heavy (non-hydrogen) atoms. The van der Waals surface area contributed by atoms with Crippen LogP contribution < -0.4 is 4.90 Å². The van der Waals surface area contributed by atoms with Crippen molar-refractivity contribution < 1.29 is 14.0 Å². The molecule has 1 aliphatic heterocycles. The molecule has 0 fully saturated rings. The average Bonchev–Trinajstić information content (AvgIpc) is 2.93. The number of hydrogen-bond donors (Lipinski definition) is 0. The summed E-state index contributed by atoms with van der Waals surface area (Å²) >= 11 is 0. The van der Waals surface area contributed by atoms with E-state index in [2.05, 4.69) is 0 Å². The third-order valence-corrected chi connectivity index (χ3v) is 3.52. The molecule has 0 saturated carbocycles. The molecule has 0 spiro atoms. The summed E-state index contributed by atoms with van der Waals surface area (Å²) in [6.07, 6.45) is 1.87. The van der Waals surface area contributed by atoms with Gasteiger partial charge in [0.25, 0.3) is 0 Å². The predicted octanol–water partition coefficient (Wildman–Crippen LogP) is 2.34. The summed E-state index contributed by atoms with van der Waals surface area (Å²) in [7, 11) is 1.75. The maximum atomic E-state index is 12.3. The second-order valence-electron chi connectivity index (χ2n) is 4.69. The van der Waals surface area contributed by atoms with Crippen molar-refractivity contribution >= 4 is 17.4 Å². The van der Waals surface area contributed by atoms with Crippen LogP contribution in [0.2, 0.25) is 0 Å². The zero-order valence-electron chi connectivity index (χ0n) is 10.8. The van der Waals surface area contributed by atoms with E-state index in [9.17, 15) is 9.59 Å². The summed E-state index contributed by atoms with van der Waals surface area (Å²) in [5, 5.41) is 0. The molecule has 96 valence electrons. The Morgan fingerprint density at radius 1 is 1.32 bits per heavy atom. The minimum atomic E-state index is -0.0731. The minimum absolute atomic E-state index is 0.0547. The Morgan fingerprint density at radius 3 is 2.79 bits per heavy atom. The number of hydrogen-bond acceptors (Lipinski definition) is 3. The van der Waals surface area contributed by atoms with Gasteiger partial charge in [0.05, 0.1) is 18.2 Å². The Bertz CT molecular complexity index is 684. The van der Waals surface area contributed by atoms with Crippen molar-refractivity contribution in [2.24, 2.45) is 0 Å². The third kappa shape index (κ3) is 1.76. The van der Waals surface area contributed by atoms with Gasteiger partial charge in [0.15, 0.2) is 5.78 Å². The lowest BCUT2D eigenvalue weighted by Crippen LogP contribution is -2.20. The van der Waals surface area contributed by atoms with Gasteiger partial charge in [0, 0.05) is 18.3 Å². The van der Waals surface area contributed by atoms with E-state index in [0.29, 0.717) is 23.3 Å². The van der Waals surface area contributed by atoms with Crippen molar-refractivity contribution in [3.05, 3.63) is 53.0 Å². The van der Waals surface area contributed by atoms with Crippen molar-refractivity contribution in [3.63, 3.8) is 0 Å². The number of nitrogens with zero attached hydrogens (tertiary/aromatic N) is 1. The van der Waals surface area contributed by atoms with E-state index in [-0.39, 0.29) is 11.7 Å². The highest BCUT2D eigenvalue weighted by atomic mass is 16.3. The number of ketones is 1. The van der Waals surface area contributed by atoms with Gasteiger partial charge in [0.1, 0.15) is 5.76 Å². The Labute approximate surface area is 110 Å². The highest BCUT2D eigenvalue weighted by molar-refractivity contribution is 6.11. The van der Waals surface area contributed by atoms with Gasteiger partial charge in [0.2, 0.25) is 5.91 Å². The largest absolute Gasteiger partial charge is 0.469 e. The first kappa shape index (κ1) is 11.7. The van der Waals surface area contributed by atoms with Crippen LogP contribution in [0.1, 0.15) is 27.2 Å². The van der Waals surface area contributed by atoms with Crippen LogP contribution >= 0.6 is 0 Å². The van der Waals surface area contributed by atoms with E-state index in [1.165, 1.54) is 6.26 Å². The first-order valence-corrected chi connectivity index (χ1v) is 6.06. The molecule has 1 aromatic carbocycles. The molecule has 1 aromatic heterocycles. The average molecular weight is 255 g/mol. The first-order valence-electron chi connectivity index (χ1n) is 6.06. The molecule has 3 rings (SSSR count). The fourth-order valence-electron chi connectivity index (χ4n) is 2.39. The third-order valence-electron chi connectivity index (χ3n) is 3.52. The predicted molar refractivity (Wildman–Crippen MR) is 70.4 cm³/mol. The molecule has 4 nitrogen and oxygen atoms in total. The first-order chi connectivity index (χ1) is 9.08. The van der Waals surface area contributed by atoms with Gasteiger partial charge < -0.3 is 9.32 Å². The number of fused-ring (bicyclic) bond motifs is 1. The number of rotatable bonds is 2. The monoisotopic (exact) mass is 255 g/mol. The number of likely N-dealkylation sites (N-methyl/N-ethyl adjacent to an activating group) is 1. The van der Waals surface area contributed by atoms with Crippen molar-refractivity contribution in [2.45, 2.75) is 13.3 Å². The van der Waals surface area contributed by atoms with Gasteiger partial charge >= 0.3 is 0 Å². The number of carbonyl (C=O) groups is 2. The number of aryl methyl sites for hydroxylation is 1. The lowest BCUT2D eigenvalue weighted by molar-refractivity contribution is -0.117. The smallest absolute Gasteiger partial charge is 0.231 e. The molecule has 0 aliphatic carbocycles. The zero-order valence-corrected chi connectivity index (χ0v) is 10.8. The molecule has 1 amide bonds. The second-order valence-corrected chi connectivity index (χ2v) is 4.69. The topological polar surface area (TPSA) is 50.5 Å². The van der Waals surface area contributed by atoms with Crippen molar-refractivity contribution in [2.75, 3.05) is 11.9 Å². The summed E-state index contributed by atoms with van der Waals surface area (Å²) in [6.45, 7) is 1.76. The van der Waals surface area contributed by atoms with Crippen LogP contribution in [0.3, 0.4) is 0 Å². The number of anilines is 1. The lowest BCUT2D eigenvalue weighted by atomic mass is 10.0. The fraction of sp³-hybridized carbons (Fsp3) is 0.200. The summed E-state index contributed by atoms with van der Waals surface area (Å²) in [5.74, 6) is 0.592. The van der Waals surface area contributed by atoms with E-state index < -0.39 is 0 Å². The van der Waals surface area contributed by atoms with Crippen molar-refractivity contribution in [1.82, 2.24) is 0 Å². The van der Waals surface area contributed by atoms with E-state index in [1.54, 1.807) is 37.1 Å². The molecule has 4 heteroatoms. The van der Waals surface area contributed by atoms with Crippen LogP contribution in [0.4, 0.5) is 5.69 Å². The summed E-state index contributed by atoms with van der Waals surface area (Å²) in [4.78, 5) is 25.6. The SMILES string of the molecule is Cc1occc1C(=O)c1ccc2c(c1)CC(=O)N2C. The highest BCUT2D eigenvalue weighted by Crippen LogP contribution is 2.29. The fourth-order valence-corrected chi connectivity index (χ4v) is 2.39. The molecule has 1 aliphatic rings. The van der Waals surface area contributed by atoms with Crippen LogP contribution in [-0.2, 0) is 11.2 Å². The Morgan fingerprint density at radius 2 is 2.11 bits per heavy atom. The second kappa shape index (κ2) is 4.09. The van der Waals surface area contributed by atoms with Gasteiger partial charge in [-0.25, -0.2) is 0 Å². The quantitative estimate of drug-likeness (QED) is 0.774. The van der Waals surface area contributed by atoms with E-state index in [1.807, 2.05) is 6.07 Å². The molecule has 0 unspecified atom stereocenters. The number of furan rings is 1. The van der Waals surface area contributed by atoms with Crippen LogP contribution in [0, 0.1) is 6.92 Å². The van der Waals surface area contributed by atoms with Gasteiger partial charge in [-0.15, -0.1) is 0 Å². The van der Waals surface area contributed by atoms with Crippen LogP contribution in [0.25, 0.3) is 0 Å². The zero-order chi connectivity index (χ0) is 13.6. The van der Waals surface area contributed by atoms with E-state index in [0.717, 1.165) is 11.3 Å². The number of benzene rings is 1. The van der Waals surface area contributed by atoms with Crippen molar-refractivity contribution in [3.8, 4) is 0 Å². The molecule has 0 bridgehead atoms. The molecule has 2 aromatic rings. The summed E-state index contributed by atoms with van der Waals surface area (Å²) in [5.41, 5.74) is 2.94. The summed E-state index contributed by atoms with van der Waals surface area (Å²) in [6, 6.07) is 7.04. The lowest BCUT2D eigenvalue weighted by Gasteiger charge is -2.10. The van der Waals surface area contributed by atoms with Gasteiger partial charge in [-0.1, -0.05) is 0 Å². The van der Waals surface area contributed by atoms with E-state index >= 15 is 0 Å². The molecular weight excluding hydrogens is 242 g/mol. The van der Waals surface area contributed by atoms with Gasteiger partial charge in [-0.3, -0.25) is 9.59 Å². The minimum Gasteiger partial charge on any atom is -0.469 e. The van der Waals surface area contributed by atoms with Gasteiger partial charge in [-0.05, 0) is 36.8 Å². The van der Waals surface area contributed by atoms with Crippen molar-refractivity contribution in [1.29, 1.82) is 0 Å². The molecule has 0 saturated heterocycles. The Hall–Kier alpha value is -2.36. The van der Waals surface area contributed by atoms with Crippen LogP contribution in [0.15, 0.2) is 34.9 Å². The maximum absolute atomic E-state index is 12.3. The van der Waals surface area contributed by atoms with Gasteiger partial charge in [-0.2, -0.15) is 0 Å². The Kier molecular flexibility index (Phi) is 2.52. The molecular formula is C15H13NO3.